The molecular formula is C30H40Cl3N3O2S. The zero-order chi connectivity index (χ0) is 29.2. The monoisotopic (exact) mass is 611 g/mol. The summed E-state index contributed by atoms with van der Waals surface area (Å²) >= 11 is 19.0. The van der Waals surface area contributed by atoms with Crippen LogP contribution in [0.3, 0.4) is 0 Å². The summed E-state index contributed by atoms with van der Waals surface area (Å²) in [6.45, 7) is 17.4. The van der Waals surface area contributed by atoms with Gasteiger partial charge in [-0.3, -0.25) is 9.52 Å². The summed E-state index contributed by atoms with van der Waals surface area (Å²) in [7, 11) is 1.66. The van der Waals surface area contributed by atoms with E-state index in [1.54, 1.807) is 24.0 Å². The number of rotatable bonds is 8. The van der Waals surface area contributed by atoms with Crippen LogP contribution in [0.1, 0.15) is 40.2 Å². The minimum atomic E-state index is -1.93. The second-order valence-electron chi connectivity index (χ2n) is 9.42. The second-order valence-corrected chi connectivity index (χ2v) is 12.7. The van der Waals surface area contributed by atoms with Gasteiger partial charge in [-0.05, 0) is 53.1 Å². The van der Waals surface area contributed by atoms with E-state index < -0.39 is 9.70 Å². The number of anilines is 1. The third-order valence-electron chi connectivity index (χ3n) is 6.46. The Morgan fingerprint density at radius 3 is 2.36 bits per heavy atom. The number of benzene rings is 2. The van der Waals surface area contributed by atoms with E-state index >= 15 is 0 Å². The van der Waals surface area contributed by atoms with Crippen molar-refractivity contribution >= 4 is 70.5 Å². The van der Waals surface area contributed by atoms with E-state index in [0.717, 1.165) is 22.9 Å². The summed E-state index contributed by atoms with van der Waals surface area (Å²) in [5.41, 5.74) is 2.17. The van der Waals surface area contributed by atoms with E-state index in [0.29, 0.717) is 26.2 Å². The summed E-state index contributed by atoms with van der Waals surface area (Å²) in [6, 6.07) is 12.5. The molecule has 0 aliphatic carbocycles. The maximum atomic E-state index is 12.3. The van der Waals surface area contributed by atoms with Crippen molar-refractivity contribution in [2.45, 2.75) is 48.7 Å². The van der Waals surface area contributed by atoms with Crippen molar-refractivity contribution in [2.24, 2.45) is 0 Å². The molecule has 2 aromatic carbocycles. The van der Waals surface area contributed by atoms with Gasteiger partial charge in [0, 0.05) is 43.0 Å². The van der Waals surface area contributed by atoms with Crippen LogP contribution in [0.25, 0.3) is 12.2 Å². The number of nitrogens with zero attached hydrogens (tertiary/aromatic N) is 2. The number of allylic oxidation sites excluding steroid dienone is 1. The Morgan fingerprint density at radius 2 is 1.79 bits per heavy atom. The molecule has 0 bridgehead atoms. The summed E-state index contributed by atoms with van der Waals surface area (Å²) in [6.07, 6.45) is 6.03. The molecule has 1 fully saturated rings. The van der Waals surface area contributed by atoms with Gasteiger partial charge in [-0.2, -0.15) is 0 Å². The number of ether oxygens (including phenoxy) is 1. The number of amides is 1. The van der Waals surface area contributed by atoms with Gasteiger partial charge in [0.15, 0.2) is 0 Å². The van der Waals surface area contributed by atoms with Gasteiger partial charge < -0.3 is 14.5 Å². The van der Waals surface area contributed by atoms with Gasteiger partial charge in [-0.1, -0.05) is 106 Å². The summed E-state index contributed by atoms with van der Waals surface area (Å²) < 4.78 is 7.26. The highest BCUT2D eigenvalue weighted by Crippen LogP contribution is 2.34. The lowest BCUT2D eigenvalue weighted by Gasteiger charge is -2.37. The van der Waals surface area contributed by atoms with Gasteiger partial charge in [0.1, 0.15) is 5.75 Å². The van der Waals surface area contributed by atoms with Gasteiger partial charge in [-0.25, -0.2) is 0 Å². The van der Waals surface area contributed by atoms with E-state index in [2.05, 4.69) is 67.3 Å². The Morgan fingerprint density at radius 1 is 1.13 bits per heavy atom. The lowest BCUT2D eigenvalue weighted by Crippen LogP contribution is -2.51. The molecule has 39 heavy (non-hydrogen) atoms. The fourth-order valence-corrected chi connectivity index (χ4v) is 5.74. The van der Waals surface area contributed by atoms with Gasteiger partial charge in [-0.15, -0.1) is 0 Å². The van der Waals surface area contributed by atoms with E-state index in [4.69, 9.17) is 39.5 Å². The first-order valence-electron chi connectivity index (χ1n) is 13.1. The zero-order valence-electron chi connectivity index (χ0n) is 23.7. The number of halogens is 3. The molecule has 2 aromatic rings. The largest absolute Gasteiger partial charge is 0.495 e. The van der Waals surface area contributed by atoms with Gasteiger partial charge in [0.05, 0.1) is 12.8 Å². The fraction of sp³-hybridized carbons (Fsp3) is 0.433. The normalized spacial score (nSPS) is 15.1. The van der Waals surface area contributed by atoms with Gasteiger partial charge in [0.2, 0.25) is 0 Å². The first-order chi connectivity index (χ1) is 18.5. The molecule has 9 heteroatoms. The molecule has 0 saturated carbocycles. The third kappa shape index (κ3) is 8.83. The molecule has 0 atom stereocenters. The van der Waals surface area contributed by atoms with Crippen LogP contribution in [0.2, 0.25) is 0 Å². The van der Waals surface area contributed by atoms with Crippen LogP contribution in [0, 0.1) is 0 Å². The van der Waals surface area contributed by atoms with Crippen molar-refractivity contribution in [2.75, 3.05) is 44.7 Å². The molecule has 1 heterocycles. The Kier molecular flexibility index (Phi) is 13.0. The summed E-state index contributed by atoms with van der Waals surface area (Å²) in [5.74, 6) is 0.293. The molecule has 0 spiro atoms. The average molecular weight is 613 g/mol. The number of carbonyl (C=O) groups excluding carboxylic acids is 1. The minimum Gasteiger partial charge on any atom is -0.495 e. The number of alkyl halides is 3. The van der Waals surface area contributed by atoms with E-state index in [1.165, 1.54) is 16.0 Å². The van der Waals surface area contributed by atoms with Crippen molar-refractivity contribution in [1.29, 1.82) is 0 Å². The van der Waals surface area contributed by atoms with Crippen LogP contribution in [-0.4, -0.2) is 54.4 Å². The van der Waals surface area contributed by atoms with E-state index in [-0.39, 0.29) is 5.41 Å². The lowest BCUT2D eigenvalue weighted by molar-refractivity contribution is -0.130. The molecule has 5 nitrogen and oxygen atoms in total. The number of hydrogen-bond donors (Lipinski definition) is 1. The predicted octanol–water partition coefficient (Wildman–Crippen LogP) is 6.08. The van der Waals surface area contributed by atoms with E-state index in [1.807, 2.05) is 38.1 Å². The van der Waals surface area contributed by atoms with Crippen molar-refractivity contribution in [3.05, 3.63) is 65.1 Å². The highest BCUT2D eigenvalue weighted by atomic mass is 35.6. The zero-order valence-corrected chi connectivity index (χ0v) is 26.8. The number of carbonyl (C=O) groups is 1. The van der Waals surface area contributed by atoms with Gasteiger partial charge >= 0.3 is 0 Å². The van der Waals surface area contributed by atoms with Crippen LogP contribution < -0.4 is 24.8 Å². The molecule has 0 unspecified atom stereocenters. The summed E-state index contributed by atoms with van der Waals surface area (Å²) in [4.78, 5) is 17.2. The number of methoxy groups -OCH3 is 1. The van der Waals surface area contributed by atoms with Crippen LogP contribution in [-0.2, 0) is 10.2 Å². The molecule has 1 aliphatic rings. The Bertz CT molecular complexity index is 1240. The summed E-state index contributed by atoms with van der Waals surface area (Å²) in [5, 5.41) is 2.41. The maximum absolute atomic E-state index is 12.3. The van der Waals surface area contributed by atoms with Crippen LogP contribution in [0.4, 0.5) is 5.69 Å². The molecule has 214 valence electrons. The molecule has 1 N–H and O–H groups in total. The second kappa shape index (κ2) is 15.2. The Balaban J connectivity index is 0.00000260. The topological polar surface area (TPSA) is 44.8 Å². The molecule has 1 saturated heterocycles. The molecule has 0 aromatic heterocycles. The molecule has 1 aliphatic heterocycles. The average Bonchev–Trinajstić information content (AvgIpc) is 2.93. The van der Waals surface area contributed by atoms with Gasteiger partial charge in [0.25, 0.3) is 9.70 Å². The lowest BCUT2D eigenvalue weighted by atomic mass is 9.83. The third-order valence-corrected chi connectivity index (χ3v) is 7.72. The highest BCUT2D eigenvalue weighted by molar-refractivity contribution is 7.97. The van der Waals surface area contributed by atoms with Crippen molar-refractivity contribution in [3.8, 4) is 5.75 Å². The van der Waals surface area contributed by atoms with Crippen molar-refractivity contribution in [3.63, 3.8) is 0 Å². The molecular weight excluding hydrogens is 573 g/mol. The first kappa shape index (κ1) is 33.4. The molecule has 0 radical (unpaired) electrons. The smallest absolute Gasteiger partial charge is 0.274 e. The number of hydrogen-bond acceptors (Lipinski definition) is 5. The van der Waals surface area contributed by atoms with Crippen LogP contribution in [0.15, 0.2) is 53.9 Å². The SMILES string of the molecule is C=C/C=c1/cccc(C(C)(C)CNSc2ccc(OC)c(N3CCN(C(=O)C(Cl)(Cl)Cl)CC3)c2)/c1=C/C.CC. The fourth-order valence-electron chi connectivity index (χ4n) is 4.47. The quantitative estimate of drug-likeness (QED) is 0.289. The highest BCUT2D eigenvalue weighted by Gasteiger charge is 2.36. The van der Waals surface area contributed by atoms with Crippen molar-refractivity contribution in [1.82, 2.24) is 9.62 Å². The predicted molar refractivity (Wildman–Crippen MR) is 171 cm³/mol. The Hall–Kier alpha value is -1.83. The first-order valence-corrected chi connectivity index (χ1v) is 15.0. The molecule has 1 amide bonds. The molecule has 3 rings (SSSR count). The standard InChI is InChI=1S/C28H34Cl3N3O2S.C2H6/c1-6-9-20-10-8-11-23(22(20)7-2)27(3,4)19-32-37-21-12-13-25(36-5)24(18-21)33-14-16-34(17-15-33)26(35)28(29,30)31;1-2/h6-13,18,32H,1,14-17,19H2,2-5H3;1-2H3/b20-9-,22-7+;. The maximum Gasteiger partial charge on any atom is 0.274 e. The van der Waals surface area contributed by atoms with E-state index in [9.17, 15) is 4.79 Å². The number of nitrogens with one attached hydrogen (secondary N) is 1. The van der Waals surface area contributed by atoms with Crippen molar-refractivity contribution < 1.29 is 9.53 Å². The number of piperazine rings is 1. The van der Waals surface area contributed by atoms with Crippen LogP contribution in [0.5, 0.6) is 5.75 Å². The minimum absolute atomic E-state index is 0.0967. The van der Waals surface area contributed by atoms with Crippen LogP contribution >= 0.6 is 46.8 Å². The Labute approximate surface area is 253 Å².